The van der Waals surface area contributed by atoms with Gasteiger partial charge < -0.3 is 0 Å². The number of rotatable bonds is 2. The molecule has 0 atom stereocenters. The molecule has 0 N–H and O–H groups in total. The van der Waals surface area contributed by atoms with Crippen molar-refractivity contribution < 1.29 is 4.79 Å². The van der Waals surface area contributed by atoms with Gasteiger partial charge in [-0.1, -0.05) is 61.0 Å². The van der Waals surface area contributed by atoms with E-state index >= 15 is 0 Å². The van der Waals surface area contributed by atoms with Crippen molar-refractivity contribution in [3.05, 3.63) is 42.1 Å². The van der Waals surface area contributed by atoms with Crippen LogP contribution in [0.5, 0.6) is 0 Å². The first-order valence-electron chi connectivity index (χ1n) is 6.71. The van der Waals surface area contributed by atoms with Gasteiger partial charge in [-0.25, -0.2) is 0 Å². The summed E-state index contributed by atoms with van der Waals surface area (Å²) in [4.78, 5) is 12.7. The normalized spacial score (nSPS) is 21.2. The molecule has 0 aromatic rings. The molecule has 1 aliphatic carbocycles. The van der Waals surface area contributed by atoms with E-state index in [4.69, 9.17) is 23.2 Å². The van der Waals surface area contributed by atoms with Gasteiger partial charge in [0.1, 0.15) is 0 Å². The standard InChI is InChI=1S/C15H18Cl2NO/c16-14(17)15(19)18-11-7-3-6-10-13(18)12-8-4-1-2-5-9-12/h3,6-7,10-11,14H,1-2,4-5,8-9H2. The van der Waals surface area contributed by atoms with Gasteiger partial charge in [0.2, 0.25) is 0 Å². The number of hydrogen-bond acceptors (Lipinski definition) is 1. The highest BCUT2D eigenvalue weighted by molar-refractivity contribution is 6.53. The quantitative estimate of drug-likeness (QED) is 0.542. The van der Waals surface area contributed by atoms with Gasteiger partial charge in [-0.15, -0.1) is 0 Å². The van der Waals surface area contributed by atoms with E-state index in [1.165, 1.54) is 31.6 Å². The lowest BCUT2D eigenvalue weighted by Gasteiger charge is -2.27. The number of amides is 1. The average molecular weight is 299 g/mol. The van der Waals surface area contributed by atoms with Gasteiger partial charge in [0.05, 0.1) is 0 Å². The summed E-state index contributed by atoms with van der Waals surface area (Å²) in [6.07, 6.45) is 16.4. The van der Waals surface area contributed by atoms with Crippen LogP contribution in [0.2, 0.25) is 0 Å². The van der Waals surface area contributed by atoms with Crippen LogP contribution in [0.4, 0.5) is 0 Å². The minimum atomic E-state index is -1.03. The Hall–Kier alpha value is -0.730. The molecule has 1 radical (unpaired) electrons. The van der Waals surface area contributed by atoms with Gasteiger partial charge in [0.15, 0.2) is 4.84 Å². The second kappa shape index (κ2) is 7.16. The number of nitrogens with zero attached hydrogens (tertiary/aromatic N) is 1. The van der Waals surface area contributed by atoms with Crippen LogP contribution in [0.1, 0.15) is 38.5 Å². The SMILES string of the molecule is O=C(C(Cl)Cl)N1C=CC=CC=C1[C]1CCCCCC1. The first-order valence-corrected chi connectivity index (χ1v) is 7.59. The smallest absolute Gasteiger partial charge is 0.264 e. The largest absolute Gasteiger partial charge is 0.289 e. The molecule has 0 saturated heterocycles. The van der Waals surface area contributed by atoms with Crippen molar-refractivity contribution in [1.82, 2.24) is 4.90 Å². The molecule has 2 nitrogen and oxygen atoms in total. The summed E-state index contributed by atoms with van der Waals surface area (Å²) in [7, 11) is 0. The number of hydrogen-bond donors (Lipinski definition) is 0. The monoisotopic (exact) mass is 298 g/mol. The number of carbonyl (C=O) groups excluding carboxylic acids is 1. The molecule has 0 aromatic heterocycles. The minimum absolute atomic E-state index is 0.286. The van der Waals surface area contributed by atoms with E-state index in [0.717, 1.165) is 18.5 Å². The summed E-state index contributed by atoms with van der Waals surface area (Å²) in [6, 6.07) is 0. The highest BCUT2D eigenvalue weighted by atomic mass is 35.5. The number of allylic oxidation sites excluding steroid dienone is 5. The molecule has 0 bridgehead atoms. The van der Waals surface area contributed by atoms with E-state index in [1.54, 1.807) is 11.1 Å². The fourth-order valence-corrected chi connectivity index (χ4v) is 2.71. The van der Waals surface area contributed by atoms with E-state index in [0.29, 0.717) is 0 Å². The Morgan fingerprint density at radius 3 is 2.37 bits per heavy atom. The molecular weight excluding hydrogens is 281 g/mol. The zero-order chi connectivity index (χ0) is 13.7. The second-order valence-electron chi connectivity index (χ2n) is 4.81. The predicted octanol–water partition coefficient (Wildman–Crippen LogP) is 4.51. The third kappa shape index (κ3) is 3.87. The van der Waals surface area contributed by atoms with Crippen molar-refractivity contribution in [2.24, 2.45) is 0 Å². The van der Waals surface area contributed by atoms with Crippen LogP contribution in [0.3, 0.4) is 0 Å². The Labute approximate surface area is 124 Å². The summed E-state index contributed by atoms with van der Waals surface area (Å²) in [6.45, 7) is 0. The van der Waals surface area contributed by atoms with E-state index in [2.05, 4.69) is 0 Å². The van der Waals surface area contributed by atoms with Gasteiger partial charge in [-0.05, 0) is 25.0 Å². The fourth-order valence-electron chi connectivity index (χ4n) is 2.50. The van der Waals surface area contributed by atoms with Gasteiger partial charge in [0.25, 0.3) is 5.91 Å². The first-order chi connectivity index (χ1) is 9.20. The second-order valence-corrected chi connectivity index (χ2v) is 5.90. The summed E-state index contributed by atoms with van der Waals surface area (Å²) < 4.78 is 0. The van der Waals surface area contributed by atoms with Gasteiger partial charge in [-0.3, -0.25) is 9.69 Å². The zero-order valence-corrected chi connectivity index (χ0v) is 12.3. The zero-order valence-electron chi connectivity index (χ0n) is 10.8. The maximum Gasteiger partial charge on any atom is 0.264 e. The Bertz CT molecular complexity index is 404. The lowest BCUT2D eigenvalue weighted by Crippen LogP contribution is -2.32. The van der Waals surface area contributed by atoms with Crippen LogP contribution in [0.25, 0.3) is 0 Å². The lowest BCUT2D eigenvalue weighted by molar-refractivity contribution is -0.125. The van der Waals surface area contributed by atoms with Crippen LogP contribution in [0, 0.1) is 5.92 Å². The van der Waals surface area contributed by atoms with Crippen molar-refractivity contribution in [2.45, 2.75) is 43.4 Å². The molecule has 103 valence electrons. The summed E-state index contributed by atoms with van der Waals surface area (Å²) in [5.74, 6) is 1.04. The molecule has 1 amide bonds. The third-order valence-electron chi connectivity index (χ3n) is 3.46. The summed E-state index contributed by atoms with van der Waals surface area (Å²) in [5.41, 5.74) is 0.947. The predicted molar refractivity (Wildman–Crippen MR) is 79.6 cm³/mol. The topological polar surface area (TPSA) is 20.3 Å². The molecule has 1 saturated carbocycles. The van der Waals surface area contributed by atoms with Crippen LogP contribution >= 0.6 is 23.2 Å². The van der Waals surface area contributed by atoms with Gasteiger partial charge >= 0.3 is 0 Å². The molecule has 1 aliphatic heterocycles. The molecule has 2 rings (SSSR count). The molecule has 0 aromatic carbocycles. The van der Waals surface area contributed by atoms with Crippen LogP contribution in [-0.4, -0.2) is 15.6 Å². The van der Waals surface area contributed by atoms with Crippen molar-refractivity contribution in [1.29, 1.82) is 0 Å². The fraction of sp³-hybridized carbons (Fsp3) is 0.467. The Kier molecular flexibility index (Phi) is 5.53. The van der Waals surface area contributed by atoms with Crippen molar-refractivity contribution in [3.63, 3.8) is 0 Å². The van der Waals surface area contributed by atoms with E-state index in [9.17, 15) is 4.79 Å². The van der Waals surface area contributed by atoms with E-state index < -0.39 is 4.84 Å². The van der Waals surface area contributed by atoms with Crippen LogP contribution < -0.4 is 0 Å². The molecule has 1 fully saturated rings. The summed E-state index contributed by atoms with van der Waals surface area (Å²) in [5, 5.41) is 0. The maximum absolute atomic E-state index is 12.1. The molecule has 19 heavy (non-hydrogen) atoms. The number of halogens is 2. The number of alkyl halides is 2. The Morgan fingerprint density at radius 1 is 1.05 bits per heavy atom. The average Bonchev–Trinajstić information content (AvgIpc) is 2.79. The van der Waals surface area contributed by atoms with E-state index in [1.807, 2.05) is 24.3 Å². The van der Waals surface area contributed by atoms with Crippen molar-refractivity contribution in [3.8, 4) is 0 Å². The molecule has 4 heteroatoms. The van der Waals surface area contributed by atoms with Gasteiger partial charge in [-0.2, -0.15) is 0 Å². The van der Waals surface area contributed by atoms with Gasteiger partial charge in [0, 0.05) is 17.8 Å². The summed E-state index contributed by atoms with van der Waals surface area (Å²) >= 11 is 11.5. The Morgan fingerprint density at radius 2 is 1.74 bits per heavy atom. The molecule has 0 spiro atoms. The minimum Gasteiger partial charge on any atom is -0.289 e. The molecule has 1 heterocycles. The van der Waals surface area contributed by atoms with Crippen molar-refractivity contribution >= 4 is 29.1 Å². The molecule has 0 unspecified atom stereocenters. The van der Waals surface area contributed by atoms with Crippen LogP contribution in [0.15, 0.2) is 36.2 Å². The molecule has 2 aliphatic rings. The lowest BCUT2D eigenvalue weighted by atomic mass is 9.95. The number of carbonyl (C=O) groups is 1. The highest BCUT2D eigenvalue weighted by Gasteiger charge is 2.27. The van der Waals surface area contributed by atoms with E-state index in [-0.39, 0.29) is 5.91 Å². The van der Waals surface area contributed by atoms with Crippen LogP contribution in [-0.2, 0) is 4.79 Å². The van der Waals surface area contributed by atoms with Crippen molar-refractivity contribution in [2.75, 3.05) is 0 Å². The maximum atomic E-state index is 12.1. The third-order valence-corrected chi connectivity index (χ3v) is 3.84. The Balaban J connectivity index is 2.22. The highest BCUT2D eigenvalue weighted by Crippen LogP contribution is 2.34. The first kappa shape index (κ1) is 14.7. The molecular formula is C15H18Cl2NO.